The number of anilines is 1. The molecule has 4 nitrogen and oxygen atoms in total. The summed E-state index contributed by atoms with van der Waals surface area (Å²) in [7, 11) is 0. The van der Waals surface area contributed by atoms with E-state index in [0.29, 0.717) is 10.8 Å². The molecule has 0 bridgehead atoms. The van der Waals surface area contributed by atoms with Gasteiger partial charge < -0.3 is 5.32 Å². The van der Waals surface area contributed by atoms with Crippen LogP contribution in [0.5, 0.6) is 0 Å². The van der Waals surface area contributed by atoms with Gasteiger partial charge in [0, 0.05) is 12.3 Å². The molecule has 0 unspecified atom stereocenters. The number of nitrogens with zero attached hydrogens (tertiary/aromatic N) is 1. The lowest BCUT2D eigenvalue weighted by Gasteiger charge is -2.17. The first kappa shape index (κ1) is 16.1. The second-order valence-electron chi connectivity index (χ2n) is 5.34. The quantitative estimate of drug-likeness (QED) is 0.713. The molecule has 1 N–H and O–H groups in total. The number of hydrogen-bond acceptors (Lipinski definition) is 4. The average molecular weight is 336 g/mol. The molecule has 24 heavy (non-hydrogen) atoms. The van der Waals surface area contributed by atoms with Crippen molar-refractivity contribution in [3.63, 3.8) is 0 Å². The van der Waals surface area contributed by atoms with Crippen molar-refractivity contribution in [3.8, 4) is 0 Å². The summed E-state index contributed by atoms with van der Waals surface area (Å²) in [5, 5.41) is 4.91. The Hall–Kier alpha value is -2.79. The van der Waals surface area contributed by atoms with Crippen LogP contribution in [0.3, 0.4) is 0 Å². The van der Waals surface area contributed by atoms with Gasteiger partial charge in [-0.25, -0.2) is 4.98 Å². The SMILES string of the molecule is CC(=O)c1csc(NC(=O)C(c2ccccc2)c2ccccc2)n1. The number of carbonyl (C=O) groups is 2. The number of hydrogen-bond donors (Lipinski definition) is 1. The molecule has 0 fully saturated rings. The summed E-state index contributed by atoms with van der Waals surface area (Å²) in [5.74, 6) is -0.719. The fraction of sp³-hybridized carbons (Fsp3) is 0.105. The Morgan fingerprint density at radius 3 is 1.96 bits per heavy atom. The second-order valence-corrected chi connectivity index (χ2v) is 6.20. The maximum Gasteiger partial charge on any atom is 0.238 e. The first-order chi connectivity index (χ1) is 11.6. The third-order valence-electron chi connectivity index (χ3n) is 3.62. The molecule has 5 heteroatoms. The van der Waals surface area contributed by atoms with Gasteiger partial charge in [0.1, 0.15) is 5.69 Å². The number of Topliss-reactive ketones (excluding diaryl/α,β-unsaturated/α-hetero) is 1. The number of ketones is 1. The number of carbonyl (C=O) groups excluding carboxylic acids is 2. The van der Waals surface area contributed by atoms with Crippen molar-refractivity contribution in [1.29, 1.82) is 0 Å². The first-order valence-corrected chi connectivity index (χ1v) is 8.40. The van der Waals surface area contributed by atoms with E-state index in [1.165, 1.54) is 18.3 Å². The molecule has 0 atom stereocenters. The number of aromatic nitrogens is 1. The van der Waals surface area contributed by atoms with Crippen LogP contribution in [-0.4, -0.2) is 16.7 Å². The van der Waals surface area contributed by atoms with Crippen molar-refractivity contribution in [3.05, 3.63) is 82.9 Å². The van der Waals surface area contributed by atoms with E-state index < -0.39 is 5.92 Å². The van der Waals surface area contributed by atoms with Crippen LogP contribution < -0.4 is 5.32 Å². The minimum atomic E-state index is -0.433. The third kappa shape index (κ3) is 3.58. The Balaban J connectivity index is 1.90. The van der Waals surface area contributed by atoms with Crippen LogP contribution in [0, 0.1) is 0 Å². The highest BCUT2D eigenvalue weighted by Gasteiger charge is 2.23. The molecule has 0 saturated heterocycles. The van der Waals surface area contributed by atoms with E-state index in [4.69, 9.17) is 0 Å². The van der Waals surface area contributed by atoms with E-state index in [-0.39, 0.29) is 11.7 Å². The topological polar surface area (TPSA) is 59.1 Å². The number of amides is 1. The van der Waals surface area contributed by atoms with E-state index >= 15 is 0 Å². The first-order valence-electron chi connectivity index (χ1n) is 7.52. The Kier molecular flexibility index (Phi) is 4.82. The van der Waals surface area contributed by atoms with E-state index in [9.17, 15) is 9.59 Å². The number of benzene rings is 2. The van der Waals surface area contributed by atoms with Gasteiger partial charge in [-0.3, -0.25) is 9.59 Å². The van der Waals surface area contributed by atoms with E-state index in [1.807, 2.05) is 60.7 Å². The minimum Gasteiger partial charge on any atom is -0.301 e. The van der Waals surface area contributed by atoms with Gasteiger partial charge in [0.15, 0.2) is 10.9 Å². The average Bonchev–Trinajstić information content (AvgIpc) is 3.06. The molecule has 0 spiro atoms. The summed E-state index contributed by atoms with van der Waals surface area (Å²) in [6, 6.07) is 19.2. The molecule has 1 amide bonds. The molecular weight excluding hydrogens is 320 g/mol. The Morgan fingerprint density at radius 1 is 0.958 bits per heavy atom. The summed E-state index contributed by atoms with van der Waals surface area (Å²) < 4.78 is 0. The number of thiazole rings is 1. The van der Waals surface area contributed by atoms with Crippen molar-refractivity contribution >= 4 is 28.2 Å². The van der Waals surface area contributed by atoms with E-state index in [1.54, 1.807) is 5.38 Å². The van der Waals surface area contributed by atoms with Crippen molar-refractivity contribution in [1.82, 2.24) is 4.98 Å². The fourth-order valence-corrected chi connectivity index (χ4v) is 3.21. The van der Waals surface area contributed by atoms with Gasteiger partial charge in [-0.2, -0.15) is 0 Å². The molecule has 3 aromatic rings. The van der Waals surface area contributed by atoms with Crippen molar-refractivity contribution in [2.75, 3.05) is 5.32 Å². The molecule has 0 radical (unpaired) electrons. The largest absolute Gasteiger partial charge is 0.301 e. The summed E-state index contributed by atoms with van der Waals surface area (Å²) >= 11 is 1.25. The smallest absolute Gasteiger partial charge is 0.238 e. The minimum absolute atomic E-state index is 0.116. The third-order valence-corrected chi connectivity index (χ3v) is 4.38. The van der Waals surface area contributed by atoms with Crippen LogP contribution in [-0.2, 0) is 4.79 Å². The van der Waals surface area contributed by atoms with Crippen molar-refractivity contribution in [2.45, 2.75) is 12.8 Å². The second kappa shape index (κ2) is 7.19. The zero-order valence-corrected chi connectivity index (χ0v) is 13.9. The highest BCUT2D eigenvalue weighted by Crippen LogP contribution is 2.27. The standard InChI is InChI=1S/C19H16N2O2S/c1-13(22)16-12-24-19(20-16)21-18(23)17(14-8-4-2-5-9-14)15-10-6-3-7-11-15/h2-12,17H,1H3,(H,20,21,23). The van der Waals surface area contributed by atoms with Gasteiger partial charge in [0.05, 0.1) is 5.92 Å². The van der Waals surface area contributed by atoms with E-state index in [0.717, 1.165) is 11.1 Å². The predicted molar refractivity (Wildman–Crippen MR) is 95.5 cm³/mol. The molecule has 1 aromatic heterocycles. The fourth-order valence-electron chi connectivity index (χ4n) is 2.46. The summed E-state index contributed by atoms with van der Waals surface area (Å²) in [6.45, 7) is 1.46. The highest BCUT2D eigenvalue weighted by molar-refractivity contribution is 7.14. The van der Waals surface area contributed by atoms with Crippen LogP contribution in [0.4, 0.5) is 5.13 Å². The zero-order valence-electron chi connectivity index (χ0n) is 13.1. The predicted octanol–water partition coefficient (Wildman–Crippen LogP) is 4.12. The lowest BCUT2D eigenvalue weighted by molar-refractivity contribution is -0.116. The summed E-state index contributed by atoms with van der Waals surface area (Å²) in [5.41, 5.74) is 2.18. The van der Waals surface area contributed by atoms with Crippen LogP contribution >= 0.6 is 11.3 Å². The molecule has 2 aromatic carbocycles. The van der Waals surface area contributed by atoms with Crippen LogP contribution in [0.1, 0.15) is 34.5 Å². The Bertz CT molecular complexity index is 805. The molecule has 3 rings (SSSR count). The van der Waals surface area contributed by atoms with Gasteiger partial charge in [-0.05, 0) is 11.1 Å². The van der Waals surface area contributed by atoms with E-state index in [2.05, 4.69) is 10.3 Å². The Morgan fingerprint density at radius 2 is 1.50 bits per heavy atom. The molecule has 120 valence electrons. The maximum atomic E-state index is 12.9. The highest BCUT2D eigenvalue weighted by atomic mass is 32.1. The Labute approximate surface area is 144 Å². The number of nitrogens with one attached hydrogen (secondary N) is 1. The van der Waals surface area contributed by atoms with Gasteiger partial charge >= 0.3 is 0 Å². The van der Waals surface area contributed by atoms with Gasteiger partial charge in [-0.1, -0.05) is 60.7 Å². The summed E-state index contributed by atoms with van der Waals surface area (Å²) in [6.07, 6.45) is 0. The molecule has 0 aliphatic rings. The number of rotatable bonds is 5. The van der Waals surface area contributed by atoms with Crippen molar-refractivity contribution < 1.29 is 9.59 Å². The zero-order chi connectivity index (χ0) is 16.9. The molecule has 0 aliphatic heterocycles. The van der Waals surface area contributed by atoms with Crippen LogP contribution in [0.25, 0.3) is 0 Å². The van der Waals surface area contributed by atoms with Crippen molar-refractivity contribution in [2.24, 2.45) is 0 Å². The normalized spacial score (nSPS) is 10.6. The van der Waals surface area contributed by atoms with Crippen LogP contribution in [0.15, 0.2) is 66.0 Å². The van der Waals surface area contributed by atoms with Gasteiger partial charge in [-0.15, -0.1) is 11.3 Å². The molecule has 0 saturated carbocycles. The lowest BCUT2D eigenvalue weighted by Crippen LogP contribution is -2.22. The van der Waals surface area contributed by atoms with Gasteiger partial charge in [0.2, 0.25) is 5.91 Å². The molecule has 0 aliphatic carbocycles. The lowest BCUT2D eigenvalue weighted by atomic mass is 9.90. The van der Waals surface area contributed by atoms with Crippen LogP contribution in [0.2, 0.25) is 0 Å². The molecular formula is C19H16N2O2S. The monoisotopic (exact) mass is 336 g/mol. The molecule has 1 heterocycles. The van der Waals surface area contributed by atoms with Gasteiger partial charge in [0.25, 0.3) is 0 Å². The summed E-state index contributed by atoms with van der Waals surface area (Å²) in [4.78, 5) is 28.4. The maximum absolute atomic E-state index is 12.9.